The Kier molecular flexibility index (Phi) is 8.38. The van der Waals surface area contributed by atoms with Gasteiger partial charge in [0.25, 0.3) is 5.91 Å². The zero-order chi connectivity index (χ0) is 24.7. The summed E-state index contributed by atoms with van der Waals surface area (Å²) in [4.78, 5) is 27.5. The molecular formula is C24H31N3O6S. The minimum atomic E-state index is -3.50. The van der Waals surface area contributed by atoms with E-state index < -0.39 is 10.0 Å². The third-order valence-electron chi connectivity index (χ3n) is 5.49. The maximum atomic E-state index is 12.5. The molecule has 1 heterocycles. The fourth-order valence-electron chi connectivity index (χ4n) is 3.56. The number of piperazine rings is 1. The van der Waals surface area contributed by atoms with Gasteiger partial charge in [0, 0.05) is 26.2 Å². The highest BCUT2D eigenvalue weighted by Crippen LogP contribution is 2.24. The molecule has 2 aromatic carbocycles. The smallest absolute Gasteiger partial charge is 0.409 e. The molecule has 2 aromatic rings. The number of sulfonamides is 1. The van der Waals surface area contributed by atoms with Crippen LogP contribution in [0.2, 0.25) is 0 Å². The average Bonchev–Trinajstić information content (AvgIpc) is 2.82. The average molecular weight is 490 g/mol. The number of hydrogen-bond donors (Lipinski definition) is 0. The molecule has 184 valence electrons. The minimum Gasteiger partial charge on any atom is -0.484 e. The predicted molar refractivity (Wildman–Crippen MR) is 129 cm³/mol. The van der Waals surface area contributed by atoms with Gasteiger partial charge in [-0.1, -0.05) is 29.8 Å². The SMILES string of the molecule is CCOC(=O)N1CCN(C(=O)COc2ccc(N(Cc3ccc(C)cc3)S(C)(=O)=O)cc2)CC1. The number of amides is 2. The van der Waals surface area contributed by atoms with E-state index in [4.69, 9.17) is 9.47 Å². The molecule has 0 N–H and O–H groups in total. The number of carbonyl (C=O) groups is 2. The standard InChI is InChI=1S/C24H31N3O6S/c1-4-32-24(29)26-15-13-25(14-16-26)23(28)18-33-22-11-9-21(10-12-22)27(34(3,30)31)17-20-7-5-19(2)6-8-20/h5-12H,4,13-18H2,1-3H3. The van der Waals surface area contributed by atoms with Crippen LogP contribution in [-0.4, -0.2) is 75.9 Å². The van der Waals surface area contributed by atoms with Crippen molar-refractivity contribution in [2.75, 3.05) is 50.0 Å². The van der Waals surface area contributed by atoms with Crippen LogP contribution in [0.5, 0.6) is 5.75 Å². The van der Waals surface area contributed by atoms with Gasteiger partial charge in [-0.15, -0.1) is 0 Å². The summed E-state index contributed by atoms with van der Waals surface area (Å²) in [5.41, 5.74) is 2.49. The van der Waals surface area contributed by atoms with E-state index in [1.807, 2.05) is 31.2 Å². The van der Waals surface area contributed by atoms with Crippen LogP contribution in [0, 0.1) is 6.92 Å². The number of ether oxygens (including phenoxy) is 2. The first kappa shape index (κ1) is 25.4. The molecule has 10 heteroatoms. The van der Waals surface area contributed by atoms with Crippen LogP contribution in [0.1, 0.15) is 18.1 Å². The van der Waals surface area contributed by atoms with Crippen LogP contribution in [0.4, 0.5) is 10.5 Å². The summed E-state index contributed by atoms with van der Waals surface area (Å²) in [5.74, 6) is 0.288. The van der Waals surface area contributed by atoms with Crippen molar-refractivity contribution in [1.29, 1.82) is 0 Å². The summed E-state index contributed by atoms with van der Waals surface area (Å²) in [5, 5.41) is 0. The van der Waals surface area contributed by atoms with Crippen molar-refractivity contribution in [2.24, 2.45) is 0 Å². The lowest BCUT2D eigenvalue weighted by Crippen LogP contribution is -2.51. The second-order valence-electron chi connectivity index (χ2n) is 8.10. The maximum Gasteiger partial charge on any atom is 0.409 e. The van der Waals surface area contributed by atoms with Crippen LogP contribution in [0.3, 0.4) is 0 Å². The molecule has 3 rings (SSSR count). The molecule has 0 unspecified atom stereocenters. The van der Waals surface area contributed by atoms with Crippen LogP contribution < -0.4 is 9.04 Å². The summed E-state index contributed by atoms with van der Waals surface area (Å²) in [6.45, 7) is 5.80. The molecule has 0 saturated carbocycles. The Labute approximate surface area is 200 Å². The van der Waals surface area contributed by atoms with E-state index in [1.165, 1.54) is 10.6 Å². The number of anilines is 1. The van der Waals surface area contributed by atoms with E-state index in [0.29, 0.717) is 44.2 Å². The first-order valence-electron chi connectivity index (χ1n) is 11.1. The Morgan fingerprint density at radius 3 is 2.09 bits per heavy atom. The molecule has 0 spiro atoms. The van der Waals surface area contributed by atoms with Crippen molar-refractivity contribution in [1.82, 2.24) is 9.80 Å². The normalized spacial score (nSPS) is 14.0. The molecule has 1 aliphatic heterocycles. The second-order valence-corrected chi connectivity index (χ2v) is 10.0. The summed E-state index contributed by atoms with van der Waals surface area (Å²) in [6, 6.07) is 14.3. The summed E-state index contributed by atoms with van der Waals surface area (Å²) >= 11 is 0. The van der Waals surface area contributed by atoms with Gasteiger partial charge in [0.05, 0.1) is 25.1 Å². The van der Waals surface area contributed by atoms with Crippen molar-refractivity contribution < 1.29 is 27.5 Å². The van der Waals surface area contributed by atoms with Crippen LogP contribution in [0.15, 0.2) is 48.5 Å². The first-order valence-corrected chi connectivity index (χ1v) is 13.0. The van der Waals surface area contributed by atoms with Crippen molar-refractivity contribution in [3.05, 3.63) is 59.7 Å². The quantitative estimate of drug-likeness (QED) is 0.566. The van der Waals surface area contributed by atoms with Gasteiger partial charge in [0.15, 0.2) is 6.61 Å². The highest BCUT2D eigenvalue weighted by Gasteiger charge is 2.25. The third-order valence-corrected chi connectivity index (χ3v) is 6.63. The molecule has 0 atom stereocenters. The molecule has 2 amide bonds. The Morgan fingerprint density at radius 1 is 0.941 bits per heavy atom. The number of nitrogens with zero attached hydrogens (tertiary/aromatic N) is 3. The molecule has 0 bridgehead atoms. The largest absolute Gasteiger partial charge is 0.484 e. The first-order chi connectivity index (χ1) is 16.2. The van der Waals surface area contributed by atoms with Gasteiger partial charge in [0.2, 0.25) is 10.0 Å². The van der Waals surface area contributed by atoms with Crippen molar-refractivity contribution in [3.63, 3.8) is 0 Å². The van der Waals surface area contributed by atoms with Gasteiger partial charge in [-0.05, 0) is 43.7 Å². The highest BCUT2D eigenvalue weighted by molar-refractivity contribution is 7.92. The fourth-order valence-corrected chi connectivity index (χ4v) is 4.45. The monoisotopic (exact) mass is 489 g/mol. The van der Waals surface area contributed by atoms with E-state index in [1.54, 1.807) is 41.0 Å². The van der Waals surface area contributed by atoms with E-state index >= 15 is 0 Å². The number of hydrogen-bond acceptors (Lipinski definition) is 6. The Balaban J connectivity index is 1.55. The van der Waals surface area contributed by atoms with Crippen LogP contribution in [0.25, 0.3) is 0 Å². The van der Waals surface area contributed by atoms with Gasteiger partial charge >= 0.3 is 6.09 Å². The zero-order valence-corrected chi connectivity index (χ0v) is 20.6. The minimum absolute atomic E-state index is 0.141. The summed E-state index contributed by atoms with van der Waals surface area (Å²) < 4.78 is 36.7. The second kappa shape index (κ2) is 11.2. The van der Waals surface area contributed by atoms with Crippen LogP contribution in [-0.2, 0) is 26.1 Å². The number of rotatable bonds is 8. The topological polar surface area (TPSA) is 96.5 Å². The molecule has 1 fully saturated rings. The lowest BCUT2D eigenvalue weighted by atomic mass is 10.1. The fraction of sp³-hybridized carbons (Fsp3) is 0.417. The molecule has 0 radical (unpaired) electrons. The van der Waals surface area contributed by atoms with E-state index in [-0.39, 0.29) is 25.2 Å². The van der Waals surface area contributed by atoms with Gasteiger partial charge in [-0.25, -0.2) is 13.2 Å². The van der Waals surface area contributed by atoms with Gasteiger partial charge < -0.3 is 19.3 Å². The van der Waals surface area contributed by atoms with Crippen molar-refractivity contribution in [3.8, 4) is 5.75 Å². The molecule has 34 heavy (non-hydrogen) atoms. The van der Waals surface area contributed by atoms with E-state index in [2.05, 4.69) is 0 Å². The lowest BCUT2D eigenvalue weighted by molar-refractivity contribution is -0.134. The molecule has 0 aliphatic carbocycles. The van der Waals surface area contributed by atoms with E-state index in [9.17, 15) is 18.0 Å². The molecular weight excluding hydrogens is 458 g/mol. The Bertz CT molecular complexity index is 1080. The Hall–Kier alpha value is -3.27. The van der Waals surface area contributed by atoms with Gasteiger partial charge in [-0.2, -0.15) is 0 Å². The Morgan fingerprint density at radius 2 is 1.53 bits per heavy atom. The van der Waals surface area contributed by atoms with Crippen molar-refractivity contribution in [2.45, 2.75) is 20.4 Å². The molecule has 0 aromatic heterocycles. The van der Waals surface area contributed by atoms with Gasteiger partial charge in [-0.3, -0.25) is 9.10 Å². The highest BCUT2D eigenvalue weighted by atomic mass is 32.2. The summed E-state index contributed by atoms with van der Waals surface area (Å²) in [7, 11) is -3.50. The number of aryl methyl sites for hydroxylation is 1. The maximum absolute atomic E-state index is 12.5. The zero-order valence-electron chi connectivity index (χ0n) is 19.8. The number of benzene rings is 2. The number of carbonyl (C=O) groups excluding carboxylic acids is 2. The lowest BCUT2D eigenvalue weighted by Gasteiger charge is -2.33. The van der Waals surface area contributed by atoms with E-state index in [0.717, 1.165) is 11.1 Å². The molecule has 9 nitrogen and oxygen atoms in total. The molecule has 1 saturated heterocycles. The third kappa shape index (κ3) is 6.86. The van der Waals surface area contributed by atoms with Crippen LogP contribution >= 0.6 is 0 Å². The van der Waals surface area contributed by atoms with Gasteiger partial charge in [0.1, 0.15) is 5.75 Å². The summed E-state index contributed by atoms with van der Waals surface area (Å²) in [6.07, 6.45) is 0.808. The molecule has 1 aliphatic rings. The van der Waals surface area contributed by atoms with Crippen molar-refractivity contribution >= 4 is 27.7 Å². The predicted octanol–water partition coefficient (Wildman–Crippen LogP) is 2.64.